The van der Waals surface area contributed by atoms with Crippen molar-refractivity contribution in [1.82, 2.24) is 25.1 Å². The number of aromatic amines is 1. The molecule has 0 radical (unpaired) electrons. The molecule has 3 heterocycles. The van der Waals surface area contributed by atoms with Crippen LogP contribution < -0.4 is 0 Å². The zero-order chi connectivity index (χ0) is 21.5. The number of halogens is 1. The monoisotopic (exact) mass is 441 g/mol. The number of rotatable bonds is 5. The Morgan fingerprint density at radius 2 is 1.59 bits per heavy atom. The third kappa shape index (κ3) is 3.44. The quantitative estimate of drug-likeness (QED) is 0.380. The first kappa shape index (κ1) is 18.8. The first-order chi connectivity index (χ1) is 15.7. The van der Waals surface area contributed by atoms with Crippen LogP contribution in [0.1, 0.15) is 22.6 Å². The van der Waals surface area contributed by atoms with E-state index in [1.165, 1.54) is 11.3 Å². The summed E-state index contributed by atoms with van der Waals surface area (Å²) in [6.07, 6.45) is 0.767. The molecular formula is C24H16FN5OS. The highest BCUT2D eigenvalue weighted by Gasteiger charge is 2.16. The molecule has 6 nitrogen and oxygen atoms in total. The van der Waals surface area contributed by atoms with Crippen LogP contribution in [0.4, 0.5) is 4.39 Å². The van der Waals surface area contributed by atoms with E-state index in [4.69, 9.17) is 4.42 Å². The number of aromatic nitrogens is 5. The topological polar surface area (TPSA) is 80.5 Å². The lowest BCUT2D eigenvalue weighted by atomic mass is 10.1. The number of benzene rings is 3. The lowest BCUT2D eigenvalue weighted by Gasteiger charge is -2.03. The molecule has 6 rings (SSSR count). The Hall–Kier alpha value is -3.91. The predicted octanol–water partition coefficient (Wildman–Crippen LogP) is 5.54. The number of thiazole rings is 1. The first-order valence-electron chi connectivity index (χ1n) is 10.1. The van der Waals surface area contributed by atoms with Crippen molar-refractivity contribution in [3.63, 3.8) is 0 Å². The summed E-state index contributed by atoms with van der Waals surface area (Å²) in [7, 11) is 0. The number of para-hydroxylation sites is 2. The SMILES string of the molecule is Fc1c(-c2ccccc2)ccc2nc(Cc3nnc(Cc4nc5ccccc5[nH]4)o3)sc12. The molecule has 0 aliphatic rings. The highest BCUT2D eigenvalue weighted by Crippen LogP contribution is 2.33. The van der Waals surface area contributed by atoms with Crippen LogP contribution in [-0.4, -0.2) is 25.1 Å². The molecule has 8 heteroatoms. The normalized spacial score (nSPS) is 11.5. The van der Waals surface area contributed by atoms with E-state index in [0.29, 0.717) is 40.4 Å². The average Bonchev–Trinajstić information content (AvgIpc) is 3.53. The Labute approximate surface area is 185 Å². The fourth-order valence-electron chi connectivity index (χ4n) is 3.72. The number of hydrogen-bond acceptors (Lipinski definition) is 6. The van der Waals surface area contributed by atoms with E-state index >= 15 is 4.39 Å². The molecule has 0 amide bonds. The van der Waals surface area contributed by atoms with E-state index in [2.05, 4.69) is 25.1 Å². The Balaban J connectivity index is 1.24. The van der Waals surface area contributed by atoms with Crippen molar-refractivity contribution in [3.05, 3.63) is 95.2 Å². The minimum absolute atomic E-state index is 0.256. The Kier molecular flexibility index (Phi) is 4.50. The van der Waals surface area contributed by atoms with Gasteiger partial charge in [-0.15, -0.1) is 21.5 Å². The molecule has 156 valence electrons. The van der Waals surface area contributed by atoms with E-state index in [1.54, 1.807) is 6.07 Å². The fraction of sp³-hybridized carbons (Fsp3) is 0.0833. The predicted molar refractivity (Wildman–Crippen MR) is 121 cm³/mol. The molecule has 0 unspecified atom stereocenters. The van der Waals surface area contributed by atoms with Crippen molar-refractivity contribution >= 4 is 32.6 Å². The molecule has 0 aliphatic carbocycles. The van der Waals surface area contributed by atoms with Crippen LogP contribution in [0.5, 0.6) is 0 Å². The molecule has 1 N–H and O–H groups in total. The second-order valence-electron chi connectivity index (χ2n) is 7.39. The van der Waals surface area contributed by atoms with E-state index in [9.17, 15) is 0 Å². The van der Waals surface area contributed by atoms with Crippen molar-refractivity contribution in [3.8, 4) is 11.1 Å². The molecule has 3 aromatic carbocycles. The maximum atomic E-state index is 15.1. The number of imidazole rings is 1. The molecule has 0 bridgehead atoms. The zero-order valence-electron chi connectivity index (χ0n) is 16.7. The minimum atomic E-state index is -0.256. The first-order valence-corrected chi connectivity index (χ1v) is 10.9. The summed E-state index contributed by atoms with van der Waals surface area (Å²) >= 11 is 1.31. The van der Waals surface area contributed by atoms with Crippen LogP contribution in [-0.2, 0) is 12.8 Å². The van der Waals surface area contributed by atoms with Gasteiger partial charge in [0.2, 0.25) is 11.8 Å². The smallest absolute Gasteiger partial charge is 0.224 e. The standard InChI is InChI=1S/C24H16FN5OS/c25-23-15(14-6-2-1-3-7-14)10-11-18-24(23)32-22(28-18)13-21-30-29-20(31-21)12-19-26-16-8-4-5-9-17(16)27-19/h1-11H,12-13H2,(H,26,27). The fourth-order valence-corrected chi connectivity index (χ4v) is 4.71. The summed E-state index contributed by atoms with van der Waals surface area (Å²) in [6.45, 7) is 0. The number of fused-ring (bicyclic) bond motifs is 2. The molecule has 0 spiro atoms. The van der Waals surface area contributed by atoms with Gasteiger partial charge in [-0.3, -0.25) is 0 Å². The van der Waals surface area contributed by atoms with Crippen LogP contribution in [0.15, 0.2) is 71.1 Å². The molecule has 0 aliphatic heterocycles. The second-order valence-corrected chi connectivity index (χ2v) is 8.48. The second kappa shape index (κ2) is 7.65. The molecule has 0 atom stereocenters. The van der Waals surface area contributed by atoms with Gasteiger partial charge >= 0.3 is 0 Å². The summed E-state index contributed by atoms with van der Waals surface area (Å²) in [5, 5.41) is 8.99. The van der Waals surface area contributed by atoms with Crippen LogP contribution in [0.2, 0.25) is 0 Å². The van der Waals surface area contributed by atoms with Gasteiger partial charge in [0.25, 0.3) is 0 Å². The van der Waals surface area contributed by atoms with E-state index in [1.807, 2.05) is 60.7 Å². The lowest BCUT2D eigenvalue weighted by molar-refractivity contribution is 0.464. The van der Waals surface area contributed by atoms with Gasteiger partial charge in [0.1, 0.15) is 16.6 Å². The van der Waals surface area contributed by atoms with Gasteiger partial charge < -0.3 is 9.40 Å². The van der Waals surface area contributed by atoms with Crippen LogP contribution in [0.25, 0.3) is 32.4 Å². The van der Waals surface area contributed by atoms with Crippen molar-refractivity contribution in [2.24, 2.45) is 0 Å². The Bertz CT molecular complexity index is 1520. The van der Waals surface area contributed by atoms with Gasteiger partial charge in [0, 0.05) is 5.56 Å². The van der Waals surface area contributed by atoms with Gasteiger partial charge in [0.15, 0.2) is 0 Å². The minimum Gasteiger partial charge on any atom is -0.424 e. The summed E-state index contributed by atoms with van der Waals surface area (Å²) in [5.41, 5.74) is 3.90. The molecule has 0 fully saturated rings. The summed E-state index contributed by atoms with van der Waals surface area (Å²) in [6, 6.07) is 21.0. The van der Waals surface area contributed by atoms with E-state index in [-0.39, 0.29) is 5.82 Å². The number of hydrogen-bond donors (Lipinski definition) is 1. The largest absolute Gasteiger partial charge is 0.424 e. The van der Waals surface area contributed by atoms with Crippen LogP contribution in [0, 0.1) is 5.82 Å². The number of nitrogens with one attached hydrogen (secondary N) is 1. The lowest BCUT2D eigenvalue weighted by Crippen LogP contribution is -1.90. The number of nitrogens with zero attached hydrogens (tertiary/aromatic N) is 4. The zero-order valence-corrected chi connectivity index (χ0v) is 17.6. The summed E-state index contributed by atoms with van der Waals surface area (Å²) in [5.74, 6) is 1.42. The highest BCUT2D eigenvalue weighted by molar-refractivity contribution is 7.18. The Morgan fingerprint density at radius 1 is 0.812 bits per heavy atom. The highest BCUT2D eigenvalue weighted by atomic mass is 32.1. The molecular weight excluding hydrogens is 425 g/mol. The summed E-state index contributed by atoms with van der Waals surface area (Å²) < 4.78 is 21.5. The van der Waals surface area contributed by atoms with Gasteiger partial charge in [-0.25, -0.2) is 14.4 Å². The van der Waals surface area contributed by atoms with Gasteiger partial charge in [-0.05, 0) is 29.8 Å². The molecule has 3 aromatic heterocycles. The molecule has 32 heavy (non-hydrogen) atoms. The van der Waals surface area contributed by atoms with Gasteiger partial charge in [0.05, 0.1) is 34.1 Å². The van der Waals surface area contributed by atoms with Crippen molar-refractivity contribution in [2.45, 2.75) is 12.8 Å². The third-order valence-corrected chi connectivity index (χ3v) is 6.26. The van der Waals surface area contributed by atoms with E-state index < -0.39 is 0 Å². The maximum Gasteiger partial charge on any atom is 0.224 e. The maximum absolute atomic E-state index is 15.1. The van der Waals surface area contributed by atoms with Crippen molar-refractivity contribution < 1.29 is 8.81 Å². The summed E-state index contributed by atoms with van der Waals surface area (Å²) in [4.78, 5) is 12.4. The van der Waals surface area contributed by atoms with Gasteiger partial charge in [-0.1, -0.05) is 42.5 Å². The molecule has 0 saturated carbocycles. The third-order valence-electron chi connectivity index (χ3n) is 5.19. The average molecular weight is 441 g/mol. The molecule has 6 aromatic rings. The number of H-pyrrole nitrogens is 1. The van der Waals surface area contributed by atoms with Crippen molar-refractivity contribution in [2.75, 3.05) is 0 Å². The van der Waals surface area contributed by atoms with E-state index in [0.717, 1.165) is 27.4 Å². The van der Waals surface area contributed by atoms with Crippen molar-refractivity contribution in [1.29, 1.82) is 0 Å². The Morgan fingerprint density at radius 3 is 2.44 bits per heavy atom. The van der Waals surface area contributed by atoms with Crippen LogP contribution >= 0.6 is 11.3 Å². The van der Waals surface area contributed by atoms with Gasteiger partial charge in [-0.2, -0.15) is 0 Å². The molecule has 0 saturated heterocycles. The van der Waals surface area contributed by atoms with Crippen LogP contribution in [0.3, 0.4) is 0 Å².